The summed E-state index contributed by atoms with van der Waals surface area (Å²) in [4.78, 5) is 18.0. The zero-order chi connectivity index (χ0) is 13.0. The third kappa shape index (κ3) is 3.40. The van der Waals surface area contributed by atoms with Crippen LogP contribution >= 0.6 is 11.8 Å². The molecule has 18 heavy (non-hydrogen) atoms. The van der Waals surface area contributed by atoms with Crippen molar-refractivity contribution in [3.8, 4) is 0 Å². The number of nitrogens with two attached hydrogens (primary N) is 1. The number of carbonyl (C=O) groups is 1. The number of hydrogen-bond acceptors (Lipinski definition) is 4. The Bertz CT molecular complexity index is 553. The number of unbranched alkanes of at least 4 members (excludes halogenated alkanes) is 1. The maximum absolute atomic E-state index is 10.3. The van der Waals surface area contributed by atoms with Gasteiger partial charge in [-0.25, -0.2) is 4.98 Å². The molecule has 0 spiro atoms. The zero-order valence-corrected chi connectivity index (χ0v) is 10.7. The van der Waals surface area contributed by atoms with E-state index in [1.165, 1.54) is 0 Å². The molecule has 0 aliphatic heterocycles. The van der Waals surface area contributed by atoms with E-state index in [1.807, 2.05) is 18.2 Å². The number of imidazole rings is 1. The lowest BCUT2D eigenvalue weighted by molar-refractivity contribution is -0.137. The minimum atomic E-state index is -0.737. The highest BCUT2D eigenvalue weighted by Gasteiger charge is 2.03. The van der Waals surface area contributed by atoms with Gasteiger partial charge in [-0.2, -0.15) is 0 Å². The molecule has 0 atom stereocenters. The van der Waals surface area contributed by atoms with E-state index in [1.54, 1.807) is 11.8 Å². The summed E-state index contributed by atoms with van der Waals surface area (Å²) in [5.41, 5.74) is 8.24. The highest BCUT2D eigenvalue weighted by Crippen LogP contribution is 2.22. The molecular weight excluding hydrogens is 250 g/mol. The average Bonchev–Trinajstić information content (AvgIpc) is 2.70. The number of nitrogens with zero attached hydrogens (tertiary/aromatic N) is 1. The van der Waals surface area contributed by atoms with E-state index in [2.05, 4.69) is 9.97 Å². The summed E-state index contributed by atoms with van der Waals surface area (Å²) in [6.45, 7) is 0. The molecule has 1 aromatic heterocycles. The second kappa shape index (κ2) is 5.77. The topological polar surface area (TPSA) is 92.0 Å². The van der Waals surface area contributed by atoms with E-state index in [0.29, 0.717) is 12.1 Å². The van der Waals surface area contributed by atoms with Gasteiger partial charge in [0, 0.05) is 17.9 Å². The smallest absolute Gasteiger partial charge is 0.303 e. The van der Waals surface area contributed by atoms with Crippen LogP contribution < -0.4 is 5.73 Å². The Morgan fingerprint density at radius 1 is 1.44 bits per heavy atom. The Labute approximate surface area is 109 Å². The van der Waals surface area contributed by atoms with Gasteiger partial charge in [-0.1, -0.05) is 11.8 Å². The van der Waals surface area contributed by atoms with Gasteiger partial charge in [0.2, 0.25) is 0 Å². The lowest BCUT2D eigenvalue weighted by Gasteiger charge is -1.96. The molecule has 0 aliphatic carbocycles. The fraction of sp³-hybridized carbons (Fsp3) is 0.333. The molecular formula is C12H15N3O2S. The molecule has 1 heterocycles. The van der Waals surface area contributed by atoms with Gasteiger partial charge in [-0.3, -0.25) is 4.79 Å². The summed E-state index contributed by atoms with van der Waals surface area (Å²) in [6.07, 6.45) is 1.81. The van der Waals surface area contributed by atoms with Crippen molar-refractivity contribution in [3.63, 3.8) is 0 Å². The highest BCUT2D eigenvalue weighted by molar-refractivity contribution is 7.99. The predicted molar refractivity (Wildman–Crippen MR) is 72.7 cm³/mol. The number of H-pyrrole nitrogens is 1. The van der Waals surface area contributed by atoms with Crippen molar-refractivity contribution in [2.45, 2.75) is 24.4 Å². The lowest BCUT2D eigenvalue weighted by atomic mass is 10.3. The number of fused-ring (bicyclic) bond motifs is 1. The second-order valence-electron chi connectivity index (χ2n) is 4.02. The number of aliphatic carboxylic acids is 1. The quantitative estimate of drug-likeness (QED) is 0.424. The van der Waals surface area contributed by atoms with E-state index < -0.39 is 5.97 Å². The maximum Gasteiger partial charge on any atom is 0.303 e. The first kappa shape index (κ1) is 12.8. The van der Waals surface area contributed by atoms with Gasteiger partial charge in [0.1, 0.15) is 0 Å². The summed E-state index contributed by atoms with van der Waals surface area (Å²) in [5, 5.41) is 9.37. The maximum atomic E-state index is 10.3. The lowest BCUT2D eigenvalue weighted by Crippen LogP contribution is -1.94. The van der Waals surface area contributed by atoms with Gasteiger partial charge in [-0.15, -0.1) is 0 Å². The zero-order valence-electron chi connectivity index (χ0n) is 9.85. The Morgan fingerprint density at radius 2 is 2.28 bits per heavy atom. The first-order chi connectivity index (χ1) is 8.65. The van der Waals surface area contributed by atoms with Crippen molar-refractivity contribution in [1.82, 2.24) is 9.97 Å². The molecule has 96 valence electrons. The average molecular weight is 265 g/mol. The molecule has 1 aromatic carbocycles. The summed E-state index contributed by atoms with van der Waals surface area (Å²) in [6, 6.07) is 5.57. The number of nitrogen functional groups attached to an aromatic ring is 1. The van der Waals surface area contributed by atoms with Crippen LogP contribution in [0, 0.1) is 0 Å². The minimum absolute atomic E-state index is 0.233. The van der Waals surface area contributed by atoms with Crippen LogP contribution in [0.5, 0.6) is 0 Å². The number of nitrogens with one attached hydrogen (secondary N) is 1. The van der Waals surface area contributed by atoms with Crippen LogP contribution in [0.2, 0.25) is 0 Å². The monoisotopic (exact) mass is 265 g/mol. The molecule has 2 aromatic rings. The van der Waals surface area contributed by atoms with Crippen LogP contribution in [0.15, 0.2) is 23.4 Å². The molecule has 4 N–H and O–H groups in total. The summed E-state index contributed by atoms with van der Waals surface area (Å²) in [5.74, 6) is 0.127. The van der Waals surface area contributed by atoms with E-state index in [-0.39, 0.29) is 6.42 Å². The van der Waals surface area contributed by atoms with Crippen LogP contribution in [0.3, 0.4) is 0 Å². The van der Waals surface area contributed by atoms with E-state index in [4.69, 9.17) is 10.8 Å². The molecule has 0 amide bonds. The molecule has 0 saturated heterocycles. The molecule has 5 nitrogen and oxygen atoms in total. The van der Waals surface area contributed by atoms with Crippen molar-refractivity contribution in [3.05, 3.63) is 18.2 Å². The van der Waals surface area contributed by atoms with Crippen molar-refractivity contribution in [2.75, 3.05) is 11.5 Å². The van der Waals surface area contributed by atoms with E-state index >= 15 is 0 Å². The van der Waals surface area contributed by atoms with Gasteiger partial charge in [0.15, 0.2) is 5.16 Å². The number of aromatic nitrogens is 2. The first-order valence-electron chi connectivity index (χ1n) is 5.75. The Kier molecular flexibility index (Phi) is 4.09. The largest absolute Gasteiger partial charge is 0.481 e. The van der Waals surface area contributed by atoms with Crippen LogP contribution in [0.25, 0.3) is 11.0 Å². The number of aromatic amines is 1. The van der Waals surface area contributed by atoms with Gasteiger partial charge >= 0.3 is 5.97 Å². The highest BCUT2D eigenvalue weighted by atomic mass is 32.2. The van der Waals surface area contributed by atoms with Crippen LogP contribution in [-0.2, 0) is 4.79 Å². The minimum Gasteiger partial charge on any atom is -0.481 e. The van der Waals surface area contributed by atoms with Crippen molar-refractivity contribution in [2.24, 2.45) is 0 Å². The normalized spacial score (nSPS) is 10.9. The molecule has 0 aliphatic rings. The van der Waals surface area contributed by atoms with E-state index in [0.717, 1.165) is 28.4 Å². The Hall–Kier alpha value is -1.69. The van der Waals surface area contributed by atoms with E-state index in [9.17, 15) is 4.79 Å². The van der Waals surface area contributed by atoms with Gasteiger partial charge in [0.05, 0.1) is 11.0 Å². The molecule has 0 fully saturated rings. The molecule has 0 unspecified atom stereocenters. The summed E-state index contributed by atoms with van der Waals surface area (Å²) in [7, 11) is 0. The molecule has 0 bridgehead atoms. The van der Waals surface area contributed by atoms with Gasteiger partial charge in [-0.05, 0) is 31.0 Å². The number of carboxylic acids is 1. The standard InChI is InChI=1S/C12H15N3O2S/c13-8-4-5-9-10(7-8)15-12(14-9)18-6-2-1-3-11(16)17/h4-5,7H,1-3,6,13H2,(H,14,15)(H,16,17). The molecule has 0 saturated carbocycles. The fourth-order valence-electron chi connectivity index (χ4n) is 1.62. The number of benzene rings is 1. The van der Waals surface area contributed by atoms with Gasteiger partial charge < -0.3 is 15.8 Å². The van der Waals surface area contributed by atoms with Crippen LogP contribution in [-0.4, -0.2) is 26.8 Å². The Balaban J connectivity index is 1.86. The van der Waals surface area contributed by atoms with Crippen molar-refractivity contribution in [1.29, 1.82) is 0 Å². The molecule has 2 rings (SSSR count). The van der Waals surface area contributed by atoms with Gasteiger partial charge in [0.25, 0.3) is 0 Å². The second-order valence-corrected chi connectivity index (χ2v) is 5.10. The number of carboxylic acid groups (broad SMARTS) is 1. The summed E-state index contributed by atoms with van der Waals surface area (Å²) >= 11 is 1.60. The number of hydrogen-bond donors (Lipinski definition) is 3. The van der Waals surface area contributed by atoms with Crippen molar-refractivity contribution < 1.29 is 9.90 Å². The van der Waals surface area contributed by atoms with Crippen molar-refractivity contribution >= 4 is 34.5 Å². The summed E-state index contributed by atoms with van der Waals surface area (Å²) < 4.78 is 0. The fourth-order valence-corrected chi connectivity index (χ4v) is 2.51. The third-order valence-corrected chi connectivity index (χ3v) is 3.47. The number of thioether (sulfide) groups is 1. The number of anilines is 1. The SMILES string of the molecule is Nc1ccc2nc(SCCCCC(=O)O)[nH]c2c1. The molecule has 6 heteroatoms. The molecule has 0 radical (unpaired) electrons. The Morgan fingerprint density at radius 3 is 3.06 bits per heavy atom. The first-order valence-corrected chi connectivity index (χ1v) is 6.73. The number of rotatable bonds is 6. The van der Waals surface area contributed by atoms with Crippen LogP contribution in [0.4, 0.5) is 5.69 Å². The third-order valence-electron chi connectivity index (χ3n) is 2.51. The van der Waals surface area contributed by atoms with Crippen LogP contribution in [0.1, 0.15) is 19.3 Å². The predicted octanol–water partition coefficient (Wildman–Crippen LogP) is 2.49.